The number of carbonyl (C=O) groups is 1. The van der Waals surface area contributed by atoms with Crippen molar-refractivity contribution in [2.45, 2.75) is 17.5 Å². The summed E-state index contributed by atoms with van der Waals surface area (Å²) in [6, 6.07) is 2.85. The molecule has 0 fully saturated rings. The molecule has 0 unspecified atom stereocenters. The van der Waals surface area contributed by atoms with Gasteiger partial charge in [0.05, 0.1) is 6.61 Å². The second-order valence-electron chi connectivity index (χ2n) is 4.86. The van der Waals surface area contributed by atoms with Crippen molar-refractivity contribution in [3.05, 3.63) is 23.9 Å². The zero-order chi connectivity index (χ0) is 16.0. The number of nitrogens with two attached hydrogens (primary N) is 1. The Morgan fingerprint density at radius 1 is 1.52 bits per heavy atom. The van der Waals surface area contributed by atoms with Gasteiger partial charge in [0.2, 0.25) is 5.91 Å². The number of primary amides is 1. The first-order valence-electron chi connectivity index (χ1n) is 6.39. The van der Waals surface area contributed by atoms with Gasteiger partial charge in [0.25, 0.3) is 0 Å². The molecular formula is C13H21N3O4S. The van der Waals surface area contributed by atoms with Crippen LogP contribution < -0.4 is 5.73 Å². The summed E-state index contributed by atoms with van der Waals surface area (Å²) >= 11 is 0. The second kappa shape index (κ2) is 7.48. The summed E-state index contributed by atoms with van der Waals surface area (Å²) in [5, 5.41) is -0.0189. The third-order valence-electron chi connectivity index (χ3n) is 3.10. The standard InChI is InChI=1S/C13H21N3O4S/c1-16(6-7-20-2)11(9-12(14)17)10-4-5-15-13(8-10)21(3,18)19/h4-5,8,11H,6-7,9H2,1-3H3,(H2,14,17)/t11-/m0/s1. The fraction of sp³-hybridized carbons (Fsp3) is 0.538. The van der Waals surface area contributed by atoms with Crippen molar-refractivity contribution < 1.29 is 17.9 Å². The van der Waals surface area contributed by atoms with Gasteiger partial charge in [-0.25, -0.2) is 13.4 Å². The Labute approximate surface area is 125 Å². The molecule has 1 rings (SSSR count). The van der Waals surface area contributed by atoms with Crippen LogP contribution in [0.5, 0.6) is 0 Å². The molecule has 0 aromatic carbocycles. The topological polar surface area (TPSA) is 103 Å². The maximum atomic E-state index is 11.6. The van der Waals surface area contributed by atoms with Crippen LogP contribution in [-0.2, 0) is 19.4 Å². The van der Waals surface area contributed by atoms with E-state index < -0.39 is 15.7 Å². The maximum absolute atomic E-state index is 11.6. The molecule has 0 radical (unpaired) electrons. The first-order valence-corrected chi connectivity index (χ1v) is 8.28. The van der Waals surface area contributed by atoms with Crippen LogP contribution >= 0.6 is 0 Å². The number of rotatable bonds is 8. The number of pyridine rings is 1. The number of carbonyl (C=O) groups excluding carboxylic acids is 1. The summed E-state index contributed by atoms with van der Waals surface area (Å²) in [4.78, 5) is 17.0. The zero-order valence-electron chi connectivity index (χ0n) is 12.4. The Bertz CT molecular complexity index is 589. The molecule has 8 heteroatoms. The quantitative estimate of drug-likeness (QED) is 0.723. The Morgan fingerprint density at radius 3 is 2.71 bits per heavy atom. The molecule has 0 bridgehead atoms. The van der Waals surface area contributed by atoms with E-state index >= 15 is 0 Å². The molecule has 21 heavy (non-hydrogen) atoms. The first-order chi connectivity index (χ1) is 9.75. The van der Waals surface area contributed by atoms with Gasteiger partial charge in [0.15, 0.2) is 14.9 Å². The monoisotopic (exact) mass is 315 g/mol. The summed E-state index contributed by atoms with van der Waals surface area (Å²) in [5.41, 5.74) is 5.97. The lowest BCUT2D eigenvalue weighted by molar-refractivity contribution is -0.119. The first kappa shape index (κ1) is 17.5. The Kier molecular flexibility index (Phi) is 6.25. The molecule has 1 amide bonds. The van der Waals surface area contributed by atoms with Crippen molar-refractivity contribution in [1.82, 2.24) is 9.88 Å². The predicted octanol–water partition coefficient (Wildman–Crippen LogP) is -0.0202. The summed E-state index contributed by atoms with van der Waals surface area (Å²) in [7, 11) is 0.0145. The van der Waals surface area contributed by atoms with Gasteiger partial charge in [0.1, 0.15) is 0 Å². The molecule has 0 aliphatic rings. The summed E-state index contributed by atoms with van der Waals surface area (Å²) < 4.78 is 28.2. The number of hydrogen-bond donors (Lipinski definition) is 1. The number of amides is 1. The molecule has 0 spiro atoms. The van der Waals surface area contributed by atoms with Gasteiger partial charge in [-0.05, 0) is 24.7 Å². The highest BCUT2D eigenvalue weighted by atomic mass is 32.2. The third kappa shape index (κ3) is 5.41. The van der Waals surface area contributed by atoms with Gasteiger partial charge in [0, 0.05) is 38.6 Å². The lowest BCUT2D eigenvalue weighted by atomic mass is 10.0. The number of hydrogen-bond acceptors (Lipinski definition) is 6. The second-order valence-corrected chi connectivity index (χ2v) is 6.82. The van der Waals surface area contributed by atoms with E-state index in [0.717, 1.165) is 6.26 Å². The van der Waals surface area contributed by atoms with Crippen LogP contribution in [0.1, 0.15) is 18.0 Å². The zero-order valence-corrected chi connectivity index (χ0v) is 13.3. The molecule has 1 heterocycles. The molecule has 0 saturated heterocycles. The highest BCUT2D eigenvalue weighted by Gasteiger charge is 2.21. The van der Waals surface area contributed by atoms with E-state index in [1.165, 1.54) is 12.3 Å². The average Bonchev–Trinajstić information content (AvgIpc) is 2.41. The largest absolute Gasteiger partial charge is 0.383 e. The normalized spacial score (nSPS) is 13.3. The molecule has 0 aliphatic carbocycles. The highest BCUT2D eigenvalue weighted by molar-refractivity contribution is 7.90. The fourth-order valence-electron chi connectivity index (χ4n) is 1.94. The van der Waals surface area contributed by atoms with Crippen LogP contribution in [0.2, 0.25) is 0 Å². The van der Waals surface area contributed by atoms with Crippen molar-refractivity contribution in [1.29, 1.82) is 0 Å². The van der Waals surface area contributed by atoms with Crippen LogP contribution in [0.4, 0.5) is 0 Å². The molecule has 1 aromatic heterocycles. The van der Waals surface area contributed by atoms with Crippen LogP contribution in [0.3, 0.4) is 0 Å². The van der Waals surface area contributed by atoms with E-state index in [9.17, 15) is 13.2 Å². The molecule has 2 N–H and O–H groups in total. The van der Waals surface area contributed by atoms with E-state index in [-0.39, 0.29) is 17.5 Å². The number of sulfone groups is 1. The smallest absolute Gasteiger partial charge is 0.219 e. The van der Waals surface area contributed by atoms with Crippen LogP contribution in [0, 0.1) is 0 Å². The minimum atomic E-state index is -3.40. The SMILES string of the molecule is COCCN(C)[C@@H](CC(N)=O)c1ccnc(S(C)(=O)=O)c1. The van der Waals surface area contributed by atoms with Crippen LogP contribution in [-0.4, -0.2) is 57.8 Å². The van der Waals surface area contributed by atoms with Gasteiger partial charge < -0.3 is 10.5 Å². The number of aromatic nitrogens is 1. The lowest BCUT2D eigenvalue weighted by Crippen LogP contribution is -2.31. The predicted molar refractivity (Wildman–Crippen MR) is 78.4 cm³/mol. The average molecular weight is 315 g/mol. The van der Waals surface area contributed by atoms with Crippen molar-refractivity contribution in [3.63, 3.8) is 0 Å². The van der Waals surface area contributed by atoms with Gasteiger partial charge in [-0.1, -0.05) is 0 Å². The fourth-order valence-corrected chi connectivity index (χ4v) is 2.55. The molecule has 1 atom stereocenters. The van der Waals surface area contributed by atoms with Gasteiger partial charge >= 0.3 is 0 Å². The van der Waals surface area contributed by atoms with E-state index in [2.05, 4.69) is 4.98 Å². The Balaban J connectivity index is 3.11. The molecule has 0 aliphatic heterocycles. The van der Waals surface area contributed by atoms with Crippen molar-refractivity contribution in [3.8, 4) is 0 Å². The maximum Gasteiger partial charge on any atom is 0.219 e. The molecular weight excluding hydrogens is 294 g/mol. The van der Waals surface area contributed by atoms with E-state index in [0.29, 0.717) is 18.7 Å². The molecule has 118 valence electrons. The van der Waals surface area contributed by atoms with Crippen LogP contribution in [0.15, 0.2) is 23.4 Å². The minimum Gasteiger partial charge on any atom is -0.383 e. The van der Waals surface area contributed by atoms with Gasteiger partial charge in [-0.15, -0.1) is 0 Å². The summed E-state index contributed by atoms with van der Waals surface area (Å²) in [6.45, 7) is 1.08. The van der Waals surface area contributed by atoms with Crippen molar-refractivity contribution in [2.75, 3.05) is 33.6 Å². The van der Waals surface area contributed by atoms with Gasteiger partial charge in [-0.3, -0.25) is 9.69 Å². The third-order valence-corrected chi connectivity index (χ3v) is 4.08. The summed E-state index contributed by atoms with van der Waals surface area (Å²) in [5.74, 6) is -0.456. The van der Waals surface area contributed by atoms with Crippen molar-refractivity contribution >= 4 is 15.7 Å². The Hall–Kier alpha value is -1.51. The van der Waals surface area contributed by atoms with E-state index in [1.807, 2.05) is 11.9 Å². The molecule has 0 saturated carbocycles. The minimum absolute atomic E-state index is 0.0189. The number of methoxy groups -OCH3 is 1. The van der Waals surface area contributed by atoms with E-state index in [4.69, 9.17) is 10.5 Å². The van der Waals surface area contributed by atoms with Gasteiger partial charge in [-0.2, -0.15) is 0 Å². The molecule has 1 aromatic rings. The lowest BCUT2D eigenvalue weighted by Gasteiger charge is -2.27. The summed E-state index contributed by atoms with van der Waals surface area (Å²) in [6.07, 6.45) is 2.61. The van der Waals surface area contributed by atoms with Crippen LogP contribution in [0.25, 0.3) is 0 Å². The molecule has 7 nitrogen and oxygen atoms in total. The number of nitrogens with zero attached hydrogens (tertiary/aromatic N) is 2. The van der Waals surface area contributed by atoms with Crippen molar-refractivity contribution in [2.24, 2.45) is 5.73 Å². The number of ether oxygens (including phenoxy) is 1. The number of likely N-dealkylation sites (N-methyl/N-ethyl adjacent to an activating group) is 1. The Morgan fingerprint density at radius 2 is 2.19 bits per heavy atom. The highest BCUT2D eigenvalue weighted by Crippen LogP contribution is 2.24. The van der Waals surface area contributed by atoms with E-state index in [1.54, 1.807) is 13.2 Å².